The third-order valence-corrected chi connectivity index (χ3v) is 3.79. The van der Waals surface area contributed by atoms with E-state index in [4.69, 9.17) is 27.9 Å². The van der Waals surface area contributed by atoms with Gasteiger partial charge in [0.05, 0.1) is 17.8 Å². The lowest BCUT2D eigenvalue weighted by Gasteiger charge is -2.15. The predicted molar refractivity (Wildman–Crippen MR) is 102 cm³/mol. The highest BCUT2D eigenvalue weighted by Crippen LogP contribution is 2.28. The summed E-state index contributed by atoms with van der Waals surface area (Å²) < 4.78 is 18.2. The molecule has 2 aromatic rings. The minimum Gasteiger partial charge on any atom is -0.479 e. The molecule has 0 bridgehead atoms. The van der Waals surface area contributed by atoms with Crippen LogP contribution in [0.25, 0.3) is 0 Å². The number of carbonyl (C=O) groups excluding carboxylic acids is 2. The van der Waals surface area contributed by atoms with Gasteiger partial charge < -0.3 is 10.1 Å². The fourth-order valence-corrected chi connectivity index (χ4v) is 2.35. The van der Waals surface area contributed by atoms with E-state index >= 15 is 0 Å². The lowest BCUT2D eigenvalue weighted by molar-refractivity contribution is -0.130. The van der Waals surface area contributed by atoms with E-state index in [0.29, 0.717) is 16.3 Å². The third-order valence-electron chi connectivity index (χ3n) is 3.26. The highest BCUT2D eigenvalue weighted by Gasteiger charge is 2.17. The molecule has 0 aliphatic heterocycles. The summed E-state index contributed by atoms with van der Waals surface area (Å²) in [5.41, 5.74) is 2.86. The van der Waals surface area contributed by atoms with E-state index < -0.39 is 17.9 Å². The van der Waals surface area contributed by atoms with Gasteiger partial charge in [0.15, 0.2) is 6.10 Å². The molecule has 2 amide bonds. The van der Waals surface area contributed by atoms with Crippen LogP contribution in [0.3, 0.4) is 0 Å². The molecule has 6 nitrogen and oxygen atoms in total. The number of nitrogens with one attached hydrogen (secondary N) is 2. The van der Waals surface area contributed by atoms with Crippen LogP contribution < -0.4 is 15.5 Å². The molecule has 0 aliphatic carbocycles. The van der Waals surface area contributed by atoms with Crippen LogP contribution in [0.4, 0.5) is 4.39 Å². The van der Waals surface area contributed by atoms with Crippen LogP contribution in [0.15, 0.2) is 47.6 Å². The Balaban J connectivity index is 1.76. The first-order chi connectivity index (χ1) is 12.8. The topological polar surface area (TPSA) is 79.8 Å². The maximum atomic E-state index is 12.8. The minimum atomic E-state index is -0.876. The Morgan fingerprint density at radius 3 is 2.59 bits per heavy atom. The Bertz CT molecular complexity index is 844. The van der Waals surface area contributed by atoms with Crippen molar-refractivity contribution in [2.75, 3.05) is 6.54 Å². The van der Waals surface area contributed by atoms with Gasteiger partial charge in [-0.25, -0.2) is 9.82 Å². The Hall–Kier alpha value is -2.64. The van der Waals surface area contributed by atoms with Gasteiger partial charge in [-0.2, -0.15) is 5.10 Å². The molecule has 1 atom stereocenters. The van der Waals surface area contributed by atoms with Crippen molar-refractivity contribution in [3.63, 3.8) is 0 Å². The van der Waals surface area contributed by atoms with Gasteiger partial charge in [-0.05, 0) is 42.8 Å². The first kappa shape index (κ1) is 20.7. The summed E-state index contributed by atoms with van der Waals surface area (Å²) in [7, 11) is 0. The van der Waals surface area contributed by atoms with Crippen LogP contribution in [-0.4, -0.2) is 30.7 Å². The smallest absolute Gasteiger partial charge is 0.261 e. The quantitative estimate of drug-likeness (QED) is 0.542. The molecule has 2 N–H and O–H groups in total. The number of nitrogens with zero attached hydrogens (tertiary/aromatic N) is 1. The summed E-state index contributed by atoms with van der Waals surface area (Å²) in [6.45, 7) is 1.23. The first-order valence-electron chi connectivity index (χ1n) is 7.82. The molecule has 0 saturated heterocycles. The zero-order valence-corrected chi connectivity index (χ0v) is 15.7. The Morgan fingerprint density at radius 1 is 1.22 bits per heavy atom. The standard InChI is InChI=1S/C18H16Cl2FN3O3/c1-11(27-16-7-4-13(19)8-15(16)20)18(26)22-10-17(25)24-23-9-12-2-5-14(21)6-3-12/h2-9,11H,10H2,1H3,(H,22,26)(H,24,25). The molecule has 142 valence electrons. The van der Waals surface area contributed by atoms with E-state index in [9.17, 15) is 14.0 Å². The monoisotopic (exact) mass is 411 g/mol. The molecule has 0 fully saturated rings. The van der Waals surface area contributed by atoms with Gasteiger partial charge in [0.25, 0.3) is 11.8 Å². The van der Waals surface area contributed by atoms with Gasteiger partial charge in [-0.15, -0.1) is 0 Å². The van der Waals surface area contributed by atoms with Crippen molar-refractivity contribution < 1.29 is 18.7 Å². The molecule has 0 aromatic heterocycles. The lowest BCUT2D eigenvalue weighted by atomic mass is 10.2. The van der Waals surface area contributed by atoms with Crippen molar-refractivity contribution >= 4 is 41.2 Å². The van der Waals surface area contributed by atoms with Crippen LogP contribution in [0.2, 0.25) is 10.0 Å². The van der Waals surface area contributed by atoms with Crippen molar-refractivity contribution in [2.45, 2.75) is 13.0 Å². The van der Waals surface area contributed by atoms with Crippen LogP contribution in [0, 0.1) is 5.82 Å². The number of ether oxygens (including phenoxy) is 1. The second-order valence-electron chi connectivity index (χ2n) is 5.40. The van der Waals surface area contributed by atoms with Crippen molar-refractivity contribution in [1.82, 2.24) is 10.7 Å². The van der Waals surface area contributed by atoms with Gasteiger partial charge in [0.2, 0.25) is 0 Å². The average Bonchev–Trinajstić information content (AvgIpc) is 2.63. The highest BCUT2D eigenvalue weighted by atomic mass is 35.5. The molecule has 2 rings (SSSR count). The van der Waals surface area contributed by atoms with E-state index in [1.807, 2.05) is 0 Å². The van der Waals surface area contributed by atoms with E-state index in [2.05, 4.69) is 15.8 Å². The number of hydrogen-bond donors (Lipinski definition) is 2. The van der Waals surface area contributed by atoms with Gasteiger partial charge >= 0.3 is 0 Å². The molecule has 0 radical (unpaired) electrons. The van der Waals surface area contributed by atoms with E-state index in [-0.39, 0.29) is 17.4 Å². The largest absolute Gasteiger partial charge is 0.479 e. The molecule has 0 spiro atoms. The lowest BCUT2D eigenvalue weighted by Crippen LogP contribution is -2.41. The number of rotatable bonds is 7. The predicted octanol–water partition coefficient (Wildman–Crippen LogP) is 3.17. The van der Waals surface area contributed by atoms with Crippen LogP contribution in [-0.2, 0) is 9.59 Å². The second kappa shape index (κ2) is 9.89. The van der Waals surface area contributed by atoms with E-state index in [1.54, 1.807) is 12.1 Å². The Labute approximate surface area is 165 Å². The zero-order valence-electron chi connectivity index (χ0n) is 14.2. The van der Waals surface area contributed by atoms with Crippen molar-refractivity contribution in [1.29, 1.82) is 0 Å². The van der Waals surface area contributed by atoms with Crippen LogP contribution in [0.1, 0.15) is 12.5 Å². The molecular formula is C18H16Cl2FN3O3. The summed E-state index contributed by atoms with van der Waals surface area (Å²) in [6, 6.07) is 10.2. The Kier molecular flexibility index (Phi) is 7.57. The summed E-state index contributed by atoms with van der Waals surface area (Å²) in [4.78, 5) is 23.7. The van der Waals surface area contributed by atoms with Gasteiger partial charge in [0.1, 0.15) is 11.6 Å². The fraction of sp³-hybridized carbons (Fsp3) is 0.167. The highest BCUT2D eigenvalue weighted by molar-refractivity contribution is 6.35. The SMILES string of the molecule is CC(Oc1ccc(Cl)cc1Cl)C(=O)NCC(=O)NN=Cc1ccc(F)cc1. The molecule has 0 saturated carbocycles. The van der Waals surface area contributed by atoms with Crippen LogP contribution >= 0.6 is 23.2 Å². The Morgan fingerprint density at radius 2 is 1.93 bits per heavy atom. The molecule has 0 aliphatic rings. The maximum Gasteiger partial charge on any atom is 0.261 e. The zero-order chi connectivity index (χ0) is 19.8. The van der Waals surface area contributed by atoms with Crippen LogP contribution in [0.5, 0.6) is 5.75 Å². The number of amides is 2. The molecule has 2 aromatic carbocycles. The molecule has 9 heteroatoms. The number of halogens is 3. The van der Waals surface area contributed by atoms with Gasteiger partial charge in [-0.3, -0.25) is 9.59 Å². The summed E-state index contributed by atoms with van der Waals surface area (Å²) in [6.07, 6.45) is 0.479. The van der Waals surface area contributed by atoms with Crippen molar-refractivity contribution in [2.24, 2.45) is 5.10 Å². The van der Waals surface area contributed by atoms with Crippen molar-refractivity contribution in [3.8, 4) is 5.75 Å². The van der Waals surface area contributed by atoms with Gasteiger partial charge in [-0.1, -0.05) is 35.3 Å². The molecule has 0 heterocycles. The van der Waals surface area contributed by atoms with Crippen molar-refractivity contribution in [3.05, 3.63) is 63.9 Å². The summed E-state index contributed by atoms with van der Waals surface area (Å²) in [5.74, 6) is -1.09. The number of benzene rings is 2. The summed E-state index contributed by atoms with van der Waals surface area (Å²) in [5, 5.41) is 6.86. The number of hydrazone groups is 1. The molecular weight excluding hydrogens is 396 g/mol. The van der Waals surface area contributed by atoms with E-state index in [1.165, 1.54) is 43.5 Å². The molecule has 27 heavy (non-hydrogen) atoms. The normalized spacial score (nSPS) is 11.9. The fourth-order valence-electron chi connectivity index (χ4n) is 1.89. The number of carbonyl (C=O) groups is 2. The number of hydrogen-bond acceptors (Lipinski definition) is 4. The van der Waals surface area contributed by atoms with E-state index in [0.717, 1.165) is 0 Å². The molecule has 1 unspecified atom stereocenters. The average molecular weight is 412 g/mol. The minimum absolute atomic E-state index is 0.273. The summed E-state index contributed by atoms with van der Waals surface area (Å²) >= 11 is 11.8. The maximum absolute atomic E-state index is 12.8. The third kappa shape index (κ3) is 6.88. The first-order valence-corrected chi connectivity index (χ1v) is 8.57. The van der Waals surface area contributed by atoms with Gasteiger partial charge in [0, 0.05) is 5.02 Å². The second-order valence-corrected chi connectivity index (χ2v) is 6.24.